The lowest BCUT2D eigenvalue weighted by molar-refractivity contribution is -0.134. The van der Waals surface area contributed by atoms with Gasteiger partial charge in [-0.05, 0) is 24.8 Å². The van der Waals surface area contributed by atoms with Gasteiger partial charge in [0, 0.05) is 12.8 Å². The normalized spacial score (nSPS) is 22.0. The molecule has 116 valence electrons. The van der Waals surface area contributed by atoms with Crippen LogP contribution in [0, 0.1) is 5.92 Å². The van der Waals surface area contributed by atoms with Crippen molar-refractivity contribution >= 4 is 17.7 Å². The van der Waals surface area contributed by atoms with E-state index < -0.39 is 5.97 Å². The largest absolute Gasteiger partial charge is 0.480 e. The summed E-state index contributed by atoms with van der Waals surface area (Å²) in [4.78, 5) is 18.8. The van der Waals surface area contributed by atoms with Gasteiger partial charge in [0.1, 0.15) is 12.4 Å². The van der Waals surface area contributed by atoms with Crippen molar-refractivity contribution in [2.24, 2.45) is 5.92 Å². The van der Waals surface area contributed by atoms with E-state index >= 15 is 0 Å². The number of carboxylic acid groups (broad SMARTS) is 1. The van der Waals surface area contributed by atoms with Crippen molar-refractivity contribution in [2.45, 2.75) is 38.8 Å². The SMILES string of the molecule is CC(C)C1OCCCC1Nc1ccnc(NCC(=O)O)n1. The minimum absolute atomic E-state index is 0.157. The van der Waals surface area contributed by atoms with Gasteiger partial charge in [-0.25, -0.2) is 4.98 Å². The molecular formula is C14H22N4O3. The predicted molar refractivity (Wildman–Crippen MR) is 79.4 cm³/mol. The average molecular weight is 294 g/mol. The molecule has 2 unspecified atom stereocenters. The van der Waals surface area contributed by atoms with E-state index in [1.807, 2.05) is 0 Å². The Bertz CT molecular complexity index is 481. The van der Waals surface area contributed by atoms with Gasteiger partial charge in [0.05, 0.1) is 12.1 Å². The maximum absolute atomic E-state index is 10.5. The molecule has 7 heteroatoms. The second-order valence-corrected chi connectivity index (χ2v) is 5.49. The van der Waals surface area contributed by atoms with Crippen molar-refractivity contribution in [2.75, 3.05) is 23.8 Å². The monoisotopic (exact) mass is 294 g/mol. The van der Waals surface area contributed by atoms with Gasteiger partial charge in [-0.3, -0.25) is 4.79 Å². The standard InChI is InChI=1S/C14H22N4O3/c1-9(2)13-10(4-3-7-21-13)17-11-5-6-15-14(18-11)16-8-12(19)20/h5-6,9-10,13H,3-4,7-8H2,1-2H3,(H,19,20)(H2,15,16,17,18). The number of nitrogens with zero attached hydrogens (tertiary/aromatic N) is 2. The molecule has 21 heavy (non-hydrogen) atoms. The highest BCUT2D eigenvalue weighted by Crippen LogP contribution is 2.23. The molecule has 0 aromatic carbocycles. The number of hydrogen-bond acceptors (Lipinski definition) is 6. The Labute approximate surface area is 124 Å². The molecule has 1 saturated heterocycles. The molecule has 1 aliphatic rings. The summed E-state index contributed by atoms with van der Waals surface area (Å²) in [5.41, 5.74) is 0. The fourth-order valence-corrected chi connectivity index (χ4v) is 2.48. The zero-order valence-corrected chi connectivity index (χ0v) is 12.4. The van der Waals surface area contributed by atoms with Crippen molar-refractivity contribution < 1.29 is 14.6 Å². The molecular weight excluding hydrogens is 272 g/mol. The molecule has 0 amide bonds. The van der Waals surface area contributed by atoms with Crippen LogP contribution in [-0.4, -0.2) is 46.3 Å². The fourth-order valence-electron chi connectivity index (χ4n) is 2.48. The number of carbonyl (C=O) groups is 1. The van der Waals surface area contributed by atoms with Crippen molar-refractivity contribution in [3.05, 3.63) is 12.3 Å². The predicted octanol–water partition coefficient (Wildman–Crippen LogP) is 1.59. The molecule has 1 aromatic rings. The number of hydrogen-bond donors (Lipinski definition) is 3. The molecule has 0 saturated carbocycles. The molecule has 0 spiro atoms. The second kappa shape index (κ2) is 7.21. The zero-order chi connectivity index (χ0) is 15.2. The summed E-state index contributed by atoms with van der Waals surface area (Å²) in [7, 11) is 0. The van der Waals surface area contributed by atoms with E-state index in [4.69, 9.17) is 9.84 Å². The lowest BCUT2D eigenvalue weighted by Crippen LogP contribution is -2.43. The summed E-state index contributed by atoms with van der Waals surface area (Å²) in [6.45, 7) is 4.88. The maximum atomic E-state index is 10.5. The van der Waals surface area contributed by atoms with E-state index in [1.165, 1.54) is 0 Å². The molecule has 2 rings (SSSR count). The van der Waals surface area contributed by atoms with Crippen LogP contribution < -0.4 is 10.6 Å². The smallest absolute Gasteiger partial charge is 0.322 e. The zero-order valence-electron chi connectivity index (χ0n) is 12.4. The van der Waals surface area contributed by atoms with E-state index in [2.05, 4.69) is 34.4 Å². The first kappa shape index (κ1) is 15.5. The minimum Gasteiger partial charge on any atom is -0.480 e. The molecule has 1 fully saturated rings. The Balaban J connectivity index is 2.00. The molecule has 1 aromatic heterocycles. The first-order valence-corrected chi connectivity index (χ1v) is 7.23. The van der Waals surface area contributed by atoms with Crippen LogP contribution in [0.25, 0.3) is 0 Å². The molecule has 2 atom stereocenters. The quantitative estimate of drug-likeness (QED) is 0.733. The maximum Gasteiger partial charge on any atom is 0.322 e. The van der Waals surface area contributed by atoms with Gasteiger partial charge >= 0.3 is 5.97 Å². The number of carboxylic acids is 1. The molecule has 0 bridgehead atoms. The molecule has 2 heterocycles. The number of aliphatic carboxylic acids is 1. The van der Waals surface area contributed by atoms with Gasteiger partial charge in [0.2, 0.25) is 5.95 Å². The van der Waals surface area contributed by atoms with Gasteiger partial charge < -0.3 is 20.5 Å². The van der Waals surface area contributed by atoms with Crippen LogP contribution in [-0.2, 0) is 9.53 Å². The van der Waals surface area contributed by atoms with Crippen LogP contribution in [0.3, 0.4) is 0 Å². The van der Waals surface area contributed by atoms with Gasteiger partial charge in [-0.2, -0.15) is 4.98 Å². The molecule has 7 nitrogen and oxygen atoms in total. The van der Waals surface area contributed by atoms with Crippen molar-refractivity contribution in [3.63, 3.8) is 0 Å². The van der Waals surface area contributed by atoms with Crippen LogP contribution in [0.5, 0.6) is 0 Å². The van der Waals surface area contributed by atoms with Gasteiger partial charge in [-0.15, -0.1) is 0 Å². The Morgan fingerprint density at radius 1 is 1.57 bits per heavy atom. The first-order chi connectivity index (χ1) is 10.1. The van der Waals surface area contributed by atoms with Crippen LogP contribution >= 0.6 is 0 Å². The molecule has 0 aliphatic carbocycles. The number of anilines is 2. The van der Waals surface area contributed by atoms with Crippen molar-refractivity contribution in [1.82, 2.24) is 9.97 Å². The van der Waals surface area contributed by atoms with Crippen LogP contribution in [0.4, 0.5) is 11.8 Å². The topological polar surface area (TPSA) is 96.4 Å². The number of aromatic nitrogens is 2. The highest BCUT2D eigenvalue weighted by molar-refractivity contribution is 5.71. The number of ether oxygens (including phenoxy) is 1. The van der Waals surface area contributed by atoms with E-state index in [9.17, 15) is 4.79 Å². The van der Waals surface area contributed by atoms with Gasteiger partial charge in [-0.1, -0.05) is 13.8 Å². The van der Waals surface area contributed by atoms with Gasteiger partial charge in [0.25, 0.3) is 0 Å². The summed E-state index contributed by atoms with van der Waals surface area (Å²) in [5.74, 6) is 0.464. The summed E-state index contributed by atoms with van der Waals surface area (Å²) in [6.07, 6.45) is 3.82. The third kappa shape index (κ3) is 4.56. The first-order valence-electron chi connectivity index (χ1n) is 7.23. The summed E-state index contributed by atoms with van der Waals surface area (Å²) < 4.78 is 5.83. The highest BCUT2D eigenvalue weighted by atomic mass is 16.5. The third-order valence-electron chi connectivity index (χ3n) is 3.41. The Hall–Kier alpha value is -1.89. The van der Waals surface area contributed by atoms with Crippen molar-refractivity contribution in [1.29, 1.82) is 0 Å². The minimum atomic E-state index is -0.947. The Kier molecular flexibility index (Phi) is 5.32. The van der Waals surface area contributed by atoms with Crippen molar-refractivity contribution in [3.8, 4) is 0 Å². The summed E-state index contributed by atoms with van der Waals surface area (Å²) in [5, 5.41) is 14.7. The van der Waals surface area contributed by atoms with Crippen LogP contribution in [0.2, 0.25) is 0 Å². The van der Waals surface area contributed by atoms with Crippen LogP contribution in [0.1, 0.15) is 26.7 Å². The average Bonchev–Trinajstić information content (AvgIpc) is 2.46. The van der Waals surface area contributed by atoms with E-state index in [1.54, 1.807) is 12.3 Å². The number of nitrogens with one attached hydrogen (secondary N) is 2. The third-order valence-corrected chi connectivity index (χ3v) is 3.41. The van der Waals surface area contributed by atoms with E-state index in [0.29, 0.717) is 17.7 Å². The number of rotatable bonds is 6. The molecule has 3 N–H and O–H groups in total. The summed E-state index contributed by atoms with van der Waals surface area (Å²) >= 11 is 0. The molecule has 1 aliphatic heterocycles. The van der Waals surface area contributed by atoms with Crippen LogP contribution in [0.15, 0.2) is 12.3 Å². The fraction of sp³-hybridized carbons (Fsp3) is 0.643. The summed E-state index contributed by atoms with van der Waals surface area (Å²) in [6, 6.07) is 1.98. The van der Waals surface area contributed by atoms with Gasteiger partial charge in [0.15, 0.2) is 0 Å². The highest BCUT2D eigenvalue weighted by Gasteiger charge is 2.28. The van der Waals surface area contributed by atoms with E-state index in [0.717, 1.165) is 19.4 Å². The Morgan fingerprint density at radius 3 is 3.10 bits per heavy atom. The van der Waals surface area contributed by atoms with E-state index in [-0.39, 0.29) is 18.7 Å². The second-order valence-electron chi connectivity index (χ2n) is 5.49. The molecule has 0 radical (unpaired) electrons. The Morgan fingerprint density at radius 2 is 2.38 bits per heavy atom. The lowest BCUT2D eigenvalue weighted by Gasteiger charge is -2.35. The lowest BCUT2D eigenvalue weighted by atomic mass is 9.94.